The lowest BCUT2D eigenvalue weighted by atomic mass is 10.1. The van der Waals surface area contributed by atoms with E-state index < -0.39 is 0 Å². The second-order valence-corrected chi connectivity index (χ2v) is 8.22. The number of hydrogen-bond donors (Lipinski definition) is 1. The van der Waals surface area contributed by atoms with E-state index in [1.54, 1.807) is 31.6 Å². The van der Waals surface area contributed by atoms with E-state index in [1.165, 1.54) is 0 Å². The van der Waals surface area contributed by atoms with Crippen LogP contribution in [0.4, 0.5) is 0 Å². The van der Waals surface area contributed by atoms with Crippen LogP contribution in [0, 0.1) is 0 Å². The summed E-state index contributed by atoms with van der Waals surface area (Å²) < 4.78 is 18.4. The number of fused-ring (bicyclic) bond motifs is 2. The number of rotatable bonds is 6. The summed E-state index contributed by atoms with van der Waals surface area (Å²) in [5, 5.41) is 8.18. The zero-order valence-corrected chi connectivity index (χ0v) is 19.2. The van der Waals surface area contributed by atoms with Crippen molar-refractivity contribution in [1.29, 1.82) is 0 Å². The number of carbonyl (C=O) groups excluding carboxylic acids is 1. The van der Waals surface area contributed by atoms with Gasteiger partial charge in [0.2, 0.25) is 5.88 Å². The highest BCUT2D eigenvalue weighted by Gasteiger charge is 2.20. The molecule has 34 heavy (non-hydrogen) atoms. The first-order valence-electron chi connectivity index (χ1n) is 11.1. The average Bonchev–Trinajstić information content (AvgIpc) is 3.31. The minimum Gasteiger partial charge on any atom is -0.486 e. The zero-order valence-electron chi connectivity index (χ0n) is 19.2. The molecular formula is C25H25N5O4. The van der Waals surface area contributed by atoms with E-state index in [0.29, 0.717) is 59.4 Å². The lowest BCUT2D eigenvalue weighted by Crippen LogP contribution is -2.23. The van der Waals surface area contributed by atoms with Crippen LogP contribution in [-0.2, 0) is 6.54 Å². The van der Waals surface area contributed by atoms with Crippen molar-refractivity contribution in [3.8, 4) is 28.6 Å². The second kappa shape index (κ2) is 9.01. The first kappa shape index (κ1) is 21.7. The number of aromatic nitrogens is 4. The fourth-order valence-corrected chi connectivity index (χ4v) is 3.88. The number of carbonyl (C=O) groups is 1. The molecule has 1 N–H and O–H groups in total. The van der Waals surface area contributed by atoms with Crippen LogP contribution in [0.15, 0.2) is 48.8 Å². The number of nitrogens with zero attached hydrogens (tertiary/aromatic N) is 4. The van der Waals surface area contributed by atoms with Crippen molar-refractivity contribution in [2.24, 2.45) is 0 Å². The lowest BCUT2D eigenvalue weighted by Gasteiger charge is -2.19. The van der Waals surface area contributed by atoms with Gasteiger partial charge in [-0.15, -0.1) is 0 Å². The molecule has 0 saturated heterocycles. The molecule has 1 aliphatic rings. The molecule has 1 aliphatic heterocycles. The van der Waals surface area contributed by atoms with Gasteiger partial charge in [-0.3, -0.25) is 4.79 Å². The average molecular weight is 460 g/mol. The Morgan fingerprint density at radius 2 is 1.97 bits per heavy atom. The van der Waals surface area contributed by atoms with Gasteiger partial charge in [0.25, 0.3) is 5.91 Å². The summed E-state index contributed by atoms with van der Waals surface area (Å²) >= 11 is 0. The van der Waals surface area contributed by atoms with Crippen LogP contribution in [0.1, 0.15) is 35.8 Å². The van der Waals surface area contributed by atoms with Crippen LogP contribution in [0.25, 0.3) is 22.3 Å². The predicted molar refractivity (Wildman–Crippen MR) is 126 cm³/mol. The molecule has 0 aliphatic carbocycles. The van der Waals surface area contributed by atoms with Crippen molar-refractivity contribution >= 4 is 16.9 Å². The van der Waals surface area contributed by atoms with Gasteiger partial charge >= 0.3 is 0 Å². The Kier molecular flexibility index (Phi) is 5.75. The first-order chi connectivity index (χ1) is 16.5. The van der Waals surface area contributed by atoms with Gasteiger partial charge < -0.3 is 19.5 Å². The molecule has 0 bridgehead atoms. The van der Waals surface area contributed by atoms with Gasteiger partial charge in [0.05, 0.1) is 30.0 Å². The Balaban J connectivity index is 1.53. The summed E-state index contributed by atoms with van der Waals surface area (Å²) in [5.41, 5.74) is 3.52. The Morgan fingerprint density at radius 3 is 2.76 bits per heavy atom. The molecule has 174 valence electrons. The highest BCUT2D eigenvalue weighted by atomic mass is 16.6. The molecule has 0 unspecified atom stereocenters. The molecule has 4 aromatic rings. The minimum atomic E-state index is -0.217. The van der Waals surface area contributed by atoms with Crippen molar-refractivity contribution in [2.45, 2.75) is 26.4 Å². The van der Waals surface area contributed by atoms with Crippen LogP contribution in [0.3, 0.4) is 0 Å². The Morgan fingerprint density at radius 1 is 1.15 bits per heavy atom. The molecule has 0 spiro atoms. The molecule has 9 heteroatoms. The van der Waals surface area contributed by atoms with Gasteiger partial charge in [0.15, 0.2) is 17.1 Å². The molecule has 0 atom stereocenters. The molecule has 1 amide bonds. The van der Waals surface area contributed by atoms with Crippen molar-refractivity contribution in [3.63, 3.8) is 0 Å². The van der Waals surface area contributed by atoms with E-state index >= 15 is 0 Å². The van der Waals surface area contributed by atoms with E-state index in [9.17, 15) is 4.79 Å². The molecular weight excluding hydrogens is 434 g/mol. The number of benzene rings is 1. The monoisotopic (exact) mass is 459 g/mol. The van der Waals surface area contributed by atoms with Gasteiger partial charge in [-0.05, 0) is 49.7 Å². The van der Waals surface area contributed by atoms with Crippen LogP contribution in [0.2, 0.25) is 0 Å². The summed E-state index contributed by atoms with van der Waals surface area (Å²) in [6.45, 7) is 5.41. The van der Waals surface area contributed by atoms with Crippen molar-refractivity contribution in [3.05, 3.63) is 59.9 Å². The number of pyridine rings is 2. The summed E-state index contributed by atoms with van der Waals surface area (Å²) in [6, 6.07) is 11.2. The molecule has 1 aromatic carbocycles. The van der Waals surface area contributed by atoms with Crippen LogP contribution < -0.4 is 19.5 Å². The van der Waals surface area contributed by atoms with Gasteiger partial charge in [-0.25, -0.2) is 14.6 Å². The lowest BCUT2D eigenvalue weighted by molar-refractivity contribution is 0.0952. The highest BCUT2D eigenvalue weighted by molar-refractivity contribution is 6.06. The quantitative estimate of drug-likeness (QED) is 0.468. The fraction of sp³-hybridized carbons (Fsp3) is 0.280. The maximum absolute atomic E-state index is 13.3. The Hall–Kier alpha value is -4.14. The number of nitrogens with one attached hydrogen (secondary N) is 1. The molecule has 0 radical (unpaired) electrons. The molecule has 0 fully saturated rings. The first-order valence-corrected chi connectivity index (χ1v) is 11.1. The predicted octanol–water partition coefficient (Wildman–Crippen LogP) is 3.78. The fourth-order valence-electron chi connectivity index (χ4n) is 3.88. The maximum atomic E-state index is 13.3. The third-order valence-corrected chi connectivity index (χ3v) is 5.60. The summed E-state index contributed by atoms with van der Waals surface area (Å²) in [6.07, 6.45) is 3.35. The van der Waals surface area contributed by atoms with E-state index in [1.807, 2.05) is 42.8 Å². The summed E-state index contributed by atoms with van der Waals surface area (Å²) in [7, 11) is 1.56. The summed E-state index contributed by atoms with van der Waals surface area (Å²) in [4.78, 5) is 22.3. The highest BCUT2D eigenvalue weighted by Crippen LogP contribution is 2.35. The van der Waals surface area contributed by atoms with Gasteiger partial charge in [-0.1, -0.05) is 0 Å². The Labute approximate surface area is 196 Å². The SMILES string of the molecule is COc1cc(CNC(=O)c2cc(-c3ccc4c(c3)OCCO4)nc3c2cnn3C(C)C)ccn1. The van der Waals surface area contributed by atoms with E-state index in [-0.39, 0.29) is 11.9 Å². The molecule has 0 saturated carbocycles. The number of methoxy groups -OCH3 is 1. The second-order valence-electron chi connectivity index (χ2n) is 8.22. The van der Waals surface area contributed by atoms with E-state index in [0.717, 1.165) is 11.1 Å². The molecule has 3 aromatic heterocycles. The zero-order chi connectivity index (χ0) is 23.7. The van der Waals surface area contributed by atoms with Gasteiger partial charge in [-0.2, -0.15) is 5.10 Å². The number of hydrogen-bond acceptors (Lipinski definition) is 7. The maximum Gasteiger partial charge on any atom is 0.252 e. The largest absolute Gasteiger partial charge is 0.486 e. The van der Waals surface area contributed by atoms with E-state index in [2.05, 4.69) is 15.4 Å². The van der Waals surface area contributed by atoms with Gasteiger partial charge in [0, 0.05) is 30.4 Å². The smallest absolute Gasteiger partial charge is 0.252 e. The van der Waals surface area contributed by atoms with Crippen molar-refractivity contribution in [2.75, 3.05) is 20.3 Å². The third kappa shape index (κ3) is 4.12. The van der Waals surface area contributed by atoms with Crippen LogP contribution in [-0.4, -0.2) is 46.0 Å². The Bertz CT molecular complexity index is 1360. The number of ether oxygens (including phenoxy) is 3. The number of amides is 1. The topological polar surface area (TPSA) is 100 Å². The molecule has 9 nitrogen and oxygen atoms in total. The molecule has 4 heterocycles. The van der Waals surface area contributed by atoms with Gasteiger partial charge in [0.1, 0.15) is 13.2 Å². The third-order valence-electron chi connectivity index (χ3n) is 5.60. The normalized spacial score (nSPS) is 12.7. The van der Waals surface area contributed by atoms with Crippen LogP contribution in [0.5, 0.6) is 17.4 Å². The standard InChI is InChI=1S/C25H25N5O4/c1-15(2)30-24-19(14-28-30)18(25(31)27-13-16-6-7-26-23(10-16)32-3)12-20(29-24)17-4-5-21-22(11-17)34-9-8-33-21/h4-7,10-12,14-15H,8-9,13H2,1-3H3,(H,27,31). The van der Waals surface area contributed by atoms with Crippen molar-refractivity contribution in [1.82, 2.24) is 25.1 Å². The minimum absolute atomic E-state index is 0.0840. The summed E-state index contributed by atoms with van der Waals surface area (Å²) in [5.74, 6) is 1.65. The molecule has 5 rings (SSSR count). The van der Waals surface area contributed by atoms with Crippen LogP contribution >= 0.6 is 0 Å². The van der Waals surface area contributed by atoms with E-state index in [4.69, 9.17) is 19.2 Å². The van der Waals surface area contributed by atoms with Crippen molar-refractivity contribution < 1.29 is 19.0 Å².